The van der Waals surface area contributed by atoms with Gasteiger partial charge in [0.15, 0.2) is 0 Å². The second-order valence-electron chi connectivity index (χ2n) is 9.48. The molecule has 9 heteroatoms. The van der Waals surface area contributed by atoms with Crippen LogP contribution in [0.15, 0.2) is 78.9 Å². The summed E-state index contributed by atoms with van der Waals surface area (Å²) in [5.41, 5.74) is 3.15. The number of anilines is 1. The lowest BCUT2D eigenvalue weighted by atomic mass is 10.0. The van der Waals surface area contributed by atoms with Crippen LogP contribution in [0.3, 0.4) is 0 Å². The summed E-state index contributed by atoms with van der Waals surface area (Å²) in [7, 11) is -3.56. The molecule has 39 heavy (non-hydrogen) atoms. The maximum Gasteiger partial charge on any atom is 0.243 e. The number of nitrogens with one attached hydrogen (secondary N) is 1. The van der Waals surface area contributed by atoms with E-state index in [1.807, 2.05) is 68.4 Å². The first-order valence-corrected chi connectivity index (χ1v) is 15.2. The molecule has 0 saturated heterocycles. The fourth-order valence-electron chi connectivity index (χ4n) is 4.50. The van der Waals surface area contributed by atoms with Gasteiger partial charge in [-0.15, -0.1) is 0 Å². The number of carbonyl (C=O) groups is 2. The van der Waals surface area contributed by atoms with Crippen LogP contribution in [0.2, 0.25) is 5.02 Å². The number of hydrogen-bond donors (Lipinski definition) is 1. The number of benzene rings is 3. The van der Waals surface area contributed by atoms with Gasteiger partial charge in [-0.1, -0.05) is 72.3 Å². The van der Waals surface area contributed by atoms with Gasteiger partial charge < -0.3 is 10.2 Å². The van der Waals surface area contributed by atoms with Crippen molar-refractivity contribution in [1.82, 2.24) is 10.2 Å². The summed E-state index contributed by atoms with van der Waals surface area (Å²) in [6, 6.07) is 23.3. The van der Waals surface area contributed by atoms with Gasteiger partial charge in [-0.3, -0.25) is 13.9 Å². The molecule has 0 fully saturated rings. The number of nitrogens with zero attached hydrogens (tertiary/aromatic N) is 2. The molecule has 208 valence electrons. The van der Waals surface area contributed by atoms with Crippen LogP contribution in [0.25, 0.3) is 0 Å². The van der Waals surface area contributed by atoms with E-state index in [1.165, 1.54) is 4.31 Å². The number of carbonyl (C=O) groups excluding carboxylic acids is 2. The van der Waals surface area contributed by atoms with Crippen molar-refractivity contribution in [2.45, 2.75) is 45.7 Å². The second-order valence-corrected chi connectivity index (χ2v) is 11.8. The number of amides is 2. The molecule has 3 aromatic carbocycles. The number of likely N-dealkylation sites (N-methyl/N-ethyl adjacent to an activating group) is 1. The number of rotatable bonds is 13. The molecule has 0 aliphatic heterocycles. The van der Waals surface area contributed by atoms with Crippen molar-refractivity contribution < 1.29 is 18.0 Å². The van der Waals surface area contributed by atoms with Crippen LogP contribution in [0.5, 0.6) is 0 Å². The SMILES string of the molecule is CCNC(=O)[C@@H](Cc1ccccc1)N(Cc1cccc(Cl)c1)C(=O)CCCN(c1ccccc1C)S(C)(=O)=O. The Balaban J connectivity index is 1.87. The van der Waals surface area contributed by atoms with Gasteiger partial charge in [-0.05, 0) is 55.2 Å². The molecule has 0 aliphatic carbocycles. The molecule has 0 spiro atoms. The van der Waals surface area contributed by atoms with Gasteiger partial charge in [0.2, 0.25) is 21.8 Å². The van der Waals surface area contributed by atoms with Crippen molar-refractivity contribution >= 4 is 39.1 Å². The maximum atomic E-state index is 13.8. The Bertz CT molecular complexity index is 1370. The average molecular weight is 570 g/mol. The summed E-state index contributed by atoms with van der Waals surface area (Å²) < 4.78 is 26.5. The standard InChI is InChI=1S/C30H36ClN3O4S/c1-4-32-30(36)28(21-24-13-6-5-7-14-24)33(22-25-15-10-16-26(31)20-25)29(35)18-11-19-34(39(3,37)38)27-17-9-8-12-23(27)2/h5-10,12-17,20,28H,4,11,18-19,21-22H2,1-3H3,(H,32,36)/t28-/m1/s1. The lowest BCUT2D eigenvalue weighted by Gasteiger charge is -2.32. The number of sulfonamides is 1. The molecule has 7 nitrogen and oxygen atoms in total. The molecule has 0 radical (unpaired) electrons. The molecule has 3 aromatic rings. The van der Waals surface area contributed by atoms with Crippen LogP contribution >= 0.6 is 11.6 Å². The first-order chi connectivity index (χ1) is 18.6. The van der Waals surface area contributed by atoms with E-state index in [1.54, 1.807) is 29.2 Å². The van der Waals surface area contributed by atoms with E-state index < -0.39 is 16.1 Å². The third-order valence-corrected chi connectivity index (χ3v) is 7.82. The number of para-hydroxylation sites is 1. The predicted octanol–water partition coefficient (Wildman–Crippen LogP) is 4.97. The Kier molecular flexibility index (Phi) is 10.9. The first kappa shape index (κ1) is 30.2. The Morgan fingerprint density at radius 2 is 1.62 bits per heavy atom. The second kappa shape index (κ2) is 14.1. The molecular formula is C30H36ClN3O4S. The van der Waals surface area contributed by atoms with Crippen LogP contribution in [0.1, 0.15) is 36.5 Å². The highest BCUT2D eigenvalue weighted by atomic mass is 35.5. The zero-order valence-electron chi connectivity index (χ0n) is 22.6. The van der Waals surface area contributed by atoms with Crippen molar-refractivity contribution in [3.05, 3.63) is 101 Å². The van der Waals surface area contributed by atoms with Crippen molar-refractivity contribution in [3.8, 4) is 0 Å². The monoisotopic (exact) mass is 569 g/mol. The molecule has 0 aliphatic rings. The van der Waals surface area contributed by atoms with E-state index in [4.69, 9.17) is 11.6 Å². The van der Waals surface area contributed by atoms with E-state index in [-0.39, 0.29) is 31.3 Å². The Morgan fingerprint density at radius 1 is 0.949 bits per heavy atom. The zero-order valence-corrected chi connectivity index (χ0v) is 24.2. The minimum atomic E-state index is -3.56. The van der Waals surface area contributed by atoms with Gasteiger partial charge in [0.25, 0.3) is 0 Å². The van der Waals surface area contributed by atoms with Crippen molar-refractivity contribution in [3.63, 3.8) is 0 Å². The van der Waals surface area contributed by atoms with Crippen molar-refractivity contribution in [2.75, 3.05) is 23.7 Å². The minimum absolute atomic E-state index is 0.0726. The lowest BCUT2D eigenvalue weighted by Crippen LogP contribution is -2.50. The highest BCUT2D eigenvalue weighted by molar-refractivity contribution is 7.92. The highest BCUT2D eigenvalue weighted by Crippen LogP contribution is 2.23. The molecule has 2 amide bonds. The van der Waals surface area contributed by atoms with Gasteiger partial charge in [-0.2, -0.15) is 0 Å². The van der Waals surface area contributed by atoms with Crippen molar-refractivity contribution in [2.24, 2.45) is 0 Å². The smallest absolute Gasteiger partial charge is 0.243 e. The van der Waals surface area contributed by atoms with Gasteiger partial charge in [0.1, 0.15) is 6.04 Å². The summed E-state index contributed by atoms with van der Waals surface area (Å²) in [4.78, 5) is 28.6. The van der Waals surface area contributed by atoms with E-state index in [0.717, 1.165) is 22.9 Å². The van der Waals surface area contributed by atoms with Crippen LogP contribution in [0, 0.1) is 6.92 Å². The topological polar surface area (TPSA) is 86.8 Å². The fraction of sp³-hybridized carbons (Fsp3) is 0.333. The molecule has 0 aromatic heterocycles. The number of hydrogen-bond acceptors (Lipinski definition) is 4. The molecule has 0 unspecified atom stereocenters. The van der Waals surface area contributed by atoms with Crippen LogP contribution < -0.4 is 9.62 Å². The Labute approximate surface area is 236 Å². The summed E-state index contributed by atoms with van der Waals surface area (Å²) in [6.07, 6.45) is 1.87. The lowest BCUT2D eigenvalue weighted by molar-refractivity contribution is -0.141. The fourth-order valence-corrected chi connectivity index (χ4v) is 5.74. The maximum absolute atomic E-state index is 13.8. The molecule has 0 saturated carbocycles. The molecule has 1 N–H and O–H groups in total. The molecule has 1 atom stereocenters. The number of halogens is 1. The Morgan fingerprint density at radius 3 is 2.26 bits per heavy atom. The molecule has 0 heterocycles. The summed E-state index contributed by atoms with van der Waals surface area (Å²) in [6.45, 7) is 4.47. The van der Waals surface area contributed by atoms with Gasteiger partial charge >= 0.3 is 0 Å². The van der Waals surface area contributed by atoms with Gasteiger partial charge in [-0.25, -0.2) is 8.42 Å². The van der Waals surface area contributed by atoms with E-state index in [0.29, 0.717) is 30.1 Å². The quantitative estimate of drug-likeness (QED) is 0.315. The van der Waals surface area contributed by atoms with Crippen molar-refractivity contribution in [1.29, 1.82) is 0 Å². The largest absolute Gasteiger partial charge is 0.355 e. The van der Waals surface area contributed by atoms with E-state index >= 15 is 0 Å². The van der Waals surface area contributed by atoms with Gasteiger partial charge in [0.05, 0.1) is 11.9 Å². The average Bonchev–Trinajstić information content (AvgIpc) is 2.89. The molecular weight excluding hydrogens is 534 g/mol. The summed E-state index contributed by atoms with van der Waals surface area (Å²) in [5.74, 6) is -0.477. The number of aryl methyl sites for hydroxylation is 1. The van der Waals surface area contributed by atoms with Crippen LogP contribution in [0.4, 0.5) is 5.69 Å². The van der Waals surface area contributed by atoms with E-state index in [9.17, 15) is 18.0 Å². The summed E-state index contributed by atoms with van der Waals surface area (Å²) in [5, 5.41) is 3.42. The molecule has 3 rings (SSSR count). The zero-order chi connectivity index (χ0) is 28.4. The predicted molar refractivity (Wildman–Crippen MR) is 157 cm³/mol. The molecule has 0 bridgehead atoms. The normalized spacial score (nSPS) is 12.0. The minimum Gasteiger partial charge on any atom is -0.355 e. The third kappa shape index (κ3) is 8.83. The third-order valence-electron chi connectivity index (χ3n) is 6.40. The van der Waals surface area contributed by atoms with Crippen LogP contribution in [-0.2, 0) is 32.6 Å². The van der Waals surface area contributed by atoms with E-state index in [2.05, 4.69) is 5.32 Å². The van der Waals surface area contributed by atoms with Gasteiger partial charge in [0, 0.05) is 37.5 Å². The Hall–Kier alpha value is -3.36. The first-order valence-electron chi connectivity index (χ1n) is 13.0. The van der Waals surface area contributed by atoms with Crippen LogP contribution in [-0.4, -0.2) is 50.5 Å². The highest BCUT2D eigenvalue weighted by Gasteiger charge is 2.30. The summed E-state index contributed by atoms with van der Waals surface area (Å²) >= 11 is 6.22.